The molecule has 0 spiro atoms. The molecule has 1 unspecified atom stereocenters. The second kappa shape index (κ2) is 8.95. The Labute approximate surface area is 181 Å². The van der Waals surface area contributed by atoms with Crippen LogP contribution in [0.5, 0.6) is 11.5 Å². The van der Waals surface area contributed by atoms with Gasteiger partial charge in [0, 0.05) is 24.3 Å². The fourth-order valence-corrected chi connectivity index (χ4v) is 3.73. The SMILES string of the molecule is CC#Cc1cc(N2c3ccccc3Oc3ccccc32)ccc1CC(OCC)C(=O)O. The van der Waals surface area contributed by atoms with Crippen molar-refractivity contribution in [2.45, 2.75) is 26.4 Å². The summed E-state index contributed by atoms with van der Waals surface area (Å²) >= 11 is 0. The summed E-state index contributed by atoms with van der Waals surface area (Å²) in [6.45, 7) is 3.90. The molecule has 31 heavy (non-hydrogen) atoms. The molecule has 0 radical (unpaired) electrons. The van der Waals surface area contributed by atoms with Crippen LogP contribution in [0, 0.1) is 11.8 Å². The average Bonchev–Trinajstić information content (AvgIpc) is 2.78. The molecule has 3 aromatic carbocycles. The summed E-state index contributed by atoms with van der Waals surface area (Å²) in [4.78, 5) is 13.7. The van der Waals surface area contributed by atoms with Crippen LogP contribution >= 0.6 is 0 Å². The minimum Gasteiger partial charge on any atom is -0.479 e. The molecule has 156 valence electrons. The van der Waals surface area contributed by atoms with Crippen LogP contribution in [-0.4, -0.2) is 23.8 Å². The Bertz CT molecular complexity index is 1130. The summed E-state index contributed by atoms with van der Waals surface area (Å²) in [5.41, 5.74) is 4.42. The molecule has 5 nitrogen and oxygen atoms in total. The molecule has 0 saturated heterocycles. The van der Waals surface area contributed by atoms with Crippen LogP contribution in [0.3, 0.4) is 0 Å². The van der Waals surface area contributed by atoms with E-state index < -0.39 is 12.1 Å². The fourth-order valence-electron chi connectivity index (χ4n) is 3.73. The minimum atomic E-state index is -0.975. The van der Waals surface area contributed by atoms with Crippen molar-refractivity contribution < 1.29 is 19.4 Å². The lowest BCUT2D eigenvalue weighted by Gasteiger charge is -2.33. The van der Waals surface area contributed by atoms with Crippen LogP contribution < -0.4 is 9.64 Å². The molecular formula is C26H23NO4. The molecule has 0 aliphatic carbocycles. The Kier molecular flexibility index (Phi) is 5.92. The summed E-state index contributed by atoms with van der Waals surface area (Å²) in [5.74, 6) is 6.65. The largest absolute Gasteiger partial charge is 0.479 e. The van der Waals surface area contributed by atoms with Crippen molar-refractivity contribution in [2.75, 3.05) is 11.5 Å². The van der Waals surface area contributed by atoms with Gasteiger partial charge in [-0.2, -0.15) is 0 Å². The van der Waals surface area contributed by atoms with Crippen molar-refractivity contribution in [2.24, 2.45) is 0 Å². The van der Waals surface area contributed by atoms with Gasteiger partial charge >= 0.3 is 5.97 Å². The highest BCUT2D eigenvalue weighted by Crippen LogP contribution is 2.50. The second-order valence-electron chi connectivity index (χ2n) is 7.08. The minimum absolute atomic E-state index is 0.254. The van der Waals surface area contributed by atoms with Crippen molar-refractivity contribution in [3.05, 3.63) is 77.9 Å². The monoisotopic (exact) mass is 413 g/mol. The molecule has 1 heterocycles. The first-order valence-corrected chi connectivity index (χ1v) is 10.2. The summed E-state index contributed by atoms with van der Waals surface area (Å²) in [6, 6.07) is 21.7. The van der Waals surface area contributed by atoms with Gasteiger partial charge in [0.2, 0.25) is 0 Å². The van der Waals surface area contributed by atoms with E-state index in [9.17, 15) is 9.90 Å². The third kappa shape index (κ3) is 4.11. The number of carbonyl (C=O) groups is 1. The van der Waals surface area contributed by atoms with Crippen LogP contribution in [-0.2, 0) is 16.0 Å². The number of aliphatic carboxylic acids is 1. The van der Waals surface area contributed by atoms with Gasteiger partial charge in [-0.1, -0.05) is 36.3 Å². The van der Waals surface area contributed by atoms with E-state index in [2.05, 4.69) is 16.7 Å². The first-order chi connectivity index (χ1) is 15.1. The molecule has 1 atom stereocenters. The number of para-hydroxylation sites is 4. The first-order valence-electron chi connectivity index (χ1n) is 10.2. The number of hydrogen-bond acceptors (Lipinski definition) is 4. The zero-order valence-corrected chi connectivity index (χ0v) is 17.5. The summed E-state index contributed by atoms with van der Waals surface area (Å²) in [7, 11) is 0. The second-order valence-corrected chi connectivity index (χ2v) is 7.08. The van der Waals surface area contributed by atoms with E-state index in [4.69, 9.17) is 9.47 Å². The third-order valence-electron chi connectivity index (χ3n) is 5.09. The molecule has 1 aliphatic rings. The van der Waals surface area contributed by atoms with Gasteiger partial charge in [0.15, 0.2) is 17.6 Å². The number of nitrogens with zero attached hydrogens (tertiary/aromatic N) is 1. The lowest BCUT2D eigenvalue weighted by molar-refractivity contribution is -0.149. The van der Waals surface area contributed by atoms with Crippen molar-refractivity contribution in [1.29, 1.82) is 0 Å². The van der Waals surface area contributed by atoms with Crippen LogP contribution in [0.2, 0.25) is 0 Å². The molecule has 3 aromatic rings. The maximum absolute atomic E-state index is 11.6. The Balaban J connectivity index is 1.80. The predicted molar refractivity (Wildman–Crippen MR) is 121 cm³/mol. The number of ether oxygens (including phenoxy) is 2. The average molecular weight is 413 g/mol. The molecule has 4 rings (SSSR count). The summed E-state index contributed by atoms with van der Waals surface area (Å²) in [6.07, 6.45) is -0.651. The van der Waals surface area contributed by atoms with Crippen molar-refractivity contribution in [3.8, 4) is 23.3 Å². The lowest BCUT2D eigenvalue weighted by atomic mass is 9.99. The maximum atomic E-state index is 11.6. The summed E-state index contributed by atoms with van der Waals surface area (Å²) in [5, 5.41) is 9.48. The van der Waals surface area contributed by atoms with Gasteiger partial charge in [-0.15, -0.1) is 5.92 Å². The molecule has 0 fully saturated rings. The quantitative estimate of drug-likeness (QED) is 0.413. The number of rotatable bonds is 6. The zero-order valence-electron chi connectivity index (χ0n) is 17.5. The number of benzene rings is 3. The van der Waals surface area contributed by atoms with Crippen molar-refractivity contribution in [3.63, 3.8) is 0 Å². The highest BCUT2D eigenvalue weighted by atomic mass is 16.5. The van der Waals surface area contributed by atoms with E-state index in [1.54, 1.807) is 13.8 Å². The number of fused-ring (bicyclic) bond motifs is 2. The molecule has 1 aliphatic heterocycles. The predicted octanol–water partition coefficient (Wildman–Crippen LogP) is 5.67. The summed E-state index contributed by atoms with van der Waals surface area (Å²) < 4.78 is 11.5. The number of carboxylic acid groups (broad SMARTS) is 1. The Morgan fingerprint density at radius 1 is 1.06 bits per heavy atom. The lowest BCUT2D eigenvalue weighted by Crippen LogP contribution is -2.26. The van der Waals surface area contributed by atoms with E-state index in [0.717, 1.165) is 39.7 Å². The molecule has 1 N–H and O–H groups in total. The van der Waals surface area contributed by atoms with E-state index in [-0.39, 0.29) is 6.42 Å². The molecule has 0 amide bonds. The van der Waals surface area contributed by atoms with Crippen LogP contribution in [0.4, 0.5) is 17.1 Å². The maximum Gasteiger partial charge on any atom is 0.333 e. The highest BCUT2D eigenvalue weighted by Gasteiger charge is 2.26. The van der Waals surface area contributed by atoms with Crippen LogP contribution in [0.1, 0.15) is 25.0 Å². The fraction of sp³-hybridized carbons (Fsp3) is 0.192. The topological polar surface area (TPSA) is 59.0 Å². The van der Waals surface area contributed by atoms with Gasteiger partial charge in [-0.3, -0.25) is 0 Å². The zero-order chi connectivity index (χ0) is 21.8. The molecule has 0 bridgehead atoms. The first kappa shape index (κ1) is 20.5. The van der Waals surface area contributed by atoms with E-state index >= 15 is 0 Å². The van der Waals surface area contributed by atoms with Gasteiger partial charge in [0.25, 0.3) is 0 Å². The van der Waals surface area contributed by atoms with Gasteiger partial charge in [-0.25, -0.2) is 4.79 Å². The van der Waals surface area contributed by atoms with E-state index in [1.165, 1.54) is 0 Å². The number of anilines is 3. The normalized spacial score (nSPS) is 12.6. The standard InChI is InChI=1S/C26H23NO4/c1-3-9-18-16-20(15-14-19(18)17-25(26(28)29)30-4-2)27-21-10-5-7-12-23(21)31-24-13-8-6-11-22(24)27/h5-8,10-16,25H,4,17H2,1-2H3,(H,28,29). The molecular weight excluding hydrogens is 390 g/mol. The molecule has 0 saturated carbocycles. The highest BCUT2D eigenvalue weighted by molar-refractivity contribution is 5.86. The van der Waals surface area contributed by atoms with Crippen molar-refractivity contribution in [1.82, 2.24) is 0 Å². The van der Waals surface area contributed by atoms with Crippen LogP contribution in [0.15, 0.2) is 66.7 Å². The molecule has 5 heteroatoms. The Morgan fingerprint density at radius 3 is 2.29 bits per heavy atom. The number of carboxylic acids is 1. The van der Waals surface area contributed by atoms with Gasteiger partial charge in [-0.05, 0) is 55.8 Å². The van der Waals surface area contributed by atoms with E-state index in [0.29, 0.717) is 6.61 Å². The van der Waals surface area contributed by atoms with E-state index in [1.807, 2.05) is 66.7 Å². The Hall–Kier alpha value is -3.75. The van der Waals surface area contributed by atoms with Gasteiger partial charge in [0.05, 0.1) is 11.4 Å². The number of hydrogen-bond donors (Lipinski definition) is 1. The van der Waals surface area contributed by atoms with Crippen molar-refractivity contribution >= 4 is 23.0 Å². The molecule has 0 aromatic heterocycles. The van der Waals surface area contributed by atoms with Crippen LogP contribution in [0.25, 0.3) is 0 Å². The third-order valence-corrected chi connectivity index (χ3v) is 5.09. The van der Waals surface area contributed by atoms with Gasteiger partial charge in [0.1, 0.15) is 0 Å². The smallest absolute Gasteiger partial charge is 0.333 e. The Morgan fingerprint density at radius 2 is 1.71 bits per heavy atom. The van der Waals surface area contributed by atoms with Gasteiger partial charge < -0.3 is 19.5 Å².